The minimum absolute atomic E-state index is 0. The average molecular weight is 257 g/mol. The lowest BCUT2D eigenvalue weighted by molar-refractivity contribution is 0.0697. The Morgan fingerprint density at radius 2 is 1.65 bits per heavy atom. The number of rotatable bonds is 7. The highest BCUT2D eigenvalue weighted by Crippen LogP contribution is 2.10. The normalized spacial score (nSPS) is 9.71. The number of halogens is 1. The molecule has 2 nitrogen and oxygen atoms in total. The lowest BCUT2D eigenvalue weighted by atomic mass is 10.0. The maximum absolute atomic E-state index is 10.6. The van der Waals surface area contributed by atoms with Crippen molar-refractivity contribution in [3.63, 3.8) is 0 Å². The molecule has 0 aromatic heterocycles. The molecule has 0 aliphatic carbocycles. The third kappa shape index (κ3) is 6.32. The Morgan fingerprint density at radius 3 is 2.18 bits per heavy atom. The zero-order chi connectivity index (χ0) is 11.8. The minimum atomic E-state index is -0.852. The largest absolute Gasteiger partial charge is 0.478 e. The van der Waals surface area contributed by atoms with E-state index in [-0.39, 0.29) is 12.4 Å². The molecule has 0 spiro atoms. The van der Waals surface area contributed by atoms with Gasteiger partial charge in [0.2, 0.25) is 0 Å². The van der Waals surface area contributed by atoms with Crippen LogP contribution < -0.4 is 0 Å². The number of hydrogen-bond donors (Lipinski definition) is 1. The number of hydrogen-bond acceptors (Lipinski definition) is 1. The van der Waals surface area contributed by atoms with Crippen molar-refractivity contribution >= 4 is 18.4 Å². The number of carbonyl (C=O) groups is 1. The smallest absolute Gasteiger partial charge is 0.335 e. The van der Waals surface area contributed by atoms with Crippen LogP contribution in [0.5, 0.6) is 0 Å². The highest BCUT2D eigenvalue weighted by Gasteiger charge is 2.01. The van der Waals surface area contributed by atoms with E-state index in [2.05, 4.69) is 6.92 Å². The molecule has 0 aliphatic heterocycles. The number of carboxylic acid groups (broad SMARTS) is 1. The van der Waals surface area contributed by atoms with Crippen LogP contribution in [0.3, 0.4) is 0 Å². The second-order valence-electron chi connectivity index (χ2n) is 4.17. The van der Waals surface area contributed by atoms with Crippen LogP contribution in [-0.2, 0) is 6.42 Å². The first kappa shape index (κ1) is 16.0. The van der Waals surface area contributed by atoms with E-state index in [0.717, 1.165) is 6.42 Å². The second kappa shape index (κ2) is 9.06. The highest BCUT2D eigenvalue weighted by atomic mass is 35.5. The Kier molecular flexibility index (Phi) is 8.51. The number of benzene rings is 1. The molecule has 1 N–H and O–H groups in total. The molecule has 0 aliphatic rings. The summed E-state index contributed by atoms with van der Waals surface area (Å²) in [5.41, 5.74) is 1.61. The van der Waals surface area contributed by atoms with Gasteiger partial charge >= 0.3 is 5.97 Å². The van der Waals surface area contributed by atoms with Crippen LogP contribution in [0.1, 0.15) is 54.9 Å². The summed E-state index contributed by atoms with van der Waals surface area (Å²) >= 11 is 0. The Morgan fingerprint density at radius 1 is 1.06 bits per heavy atom. The summed E-state index contributed by atoms with van der Waals surface area (Å²) in [4.78, 5) is 10.6. The SMILES string of the molecule is CCCCCCCc1ccc(C(=O)O)cc1.Cl. The van der Waals surface area contributed by atoms with Crippen molar-refractivity contribution < 1.29 is 9.90 Å². The quantitative estimate of drug-likeness (QED) is 0.738. The van der Waals surface area contributed by atoms with Crippen molar-refractivity contribution in [1.82, 2.24) is 0 Å². The molecule has 0 heterocycles. The van der Waals surface area contributed by atoms with Gasteiger partial charge in [0.1, 0.15) is 0 Å². The van der Waals surface area contributed by atoms with Crippen LogP contribution in [0.4, 0.5) is 0 Å². The number of aromatic carboxylic acids is 1. The Labute approximate surface area is 109 Å². The van der Waals surface area contributed by atoms with Crippen LogP contribution in [0.25, 0.3) is 0 Å². The van der Waals surface area contributed by atoms with E-state index in [9.17, 15) is 4.79 Å². The molecular weight excluding hydrogens is 236 g/mol. The van der Waals surface area contributed by atoms with Gasteiger partial charge in [0.15, 0.2) is 0 Å². The van der Waals surface area contributed by atoms with Gasteiger partial charge < -0.3 is 5.11 Å². The Balaban J connectivity index is 0.00000256. The summed E-state index contributed by atoms with van der Waals surface area (Å²) in [5.74, 6) is -0.852. The molecule has 1 aromatic rings. The fourth-order valence-corrected chi connectivity index (χ4v) is 1.75. The second-order valence-corrected chi connectivity index (χ2v) is 4.17. The maximum Gasteiger partial charge on any atom is 0.335 e. The lowest BCUT2D eigenvalue weighted by Gasteiger charge is -2.02. The van der Waals surface area contributed by atoms with E-state index < -0.39 is 5.97 Å². The molecule has 0 fully saturated rings. The van der Waals surface area contributed by atoms with Crippen LogP contribution in [0.2, 0.25) is 0 Å². The van der Waals surface area contributed by atoms with E-state index in [1.54, 1.807) is 12.1 Å². The van der Waals surface area contributed by atoms with Crippen LogP contribution in [0, 0.1) is 0 Å². The third-order valence-electron chi connectivity index (χ3n) is 2.77. The summed E-state index contributed by atoms with van der Waals surface area (Å²) in [6.07, 6.45) is 7.43. The van der Waals surface area contributed by atoms with Crippen molar-refractivity contribution in [3.05, 3.63) is 35.4 Å². The Bertz CT molecular complexity index is 319. The number of aryl methyl sites for hydroxylation is 1. The van der Waals surface area contributed by atoms with Crippen molar-refractivity contribution in [3.8, 4) is 0 Å². The molecule has 3 heteroatoms. The molecule has 0 saturated carbocycles. The Hall–Kier alpha value is -1.02. The summed E-state index contributed by atoms with van der Waals surface area (Å²) < 4.78 is 0. The van der Waals surface area contributed by atoms with E-state index in [4.69, 9.17) is 5.11 Å². The summed E-state index contributed by atoms with van der Waals surface area (Å²) in [7, 11) is 0. The molecular formula is C14H21ClO2. The topological polar surface area (TPSA) is 37.3 Å². The van der Waals surface area contributed by atoms with Crippen LogP contribution >= 0.6 is 12.4 Å². The van der Waals surface area contributed by atoms with Gasteiger partial charge in [-0.15, -0.1) is 12.4 Å². The van der Waals surface area contributed by atoms with Crippen molar-refractivity contribution in [2.75, 3.05) is 0 Å². The molecule has 0 saturated heterocycles. The van der Waals surface area contributed by atoms with Crippen molar-refractivity contribution in [2.24, 2.45) is 0 Å². The monoisotopic (exact) mass is 256 g/mol. The highest BCUT2D eigenvalue weighted by molar-refractivity contribution is 5.87. The first-order valence-corrected chi connectivity index (χ1v) is 6.06. The van der Waals surface area contributed by atoms with Gasteiger partial charge in [0, 0.05) is 0 Å². The molecule has 96 valence electrons. The van der Waals surface area contributed by atoms with Gasteiger partial charge in [-0.1, -0.05) is 44.7 Å². The fourth-order valence-electron chi connectivity index (χ4n) is 1.75. The molecule has 0 bridgehead atoms. The first-order chi connectivity index (χ1) is 7.74. The minimum Gasteiger partial charge on any atom is -0.478 e. The van der Waals surface area contributed by atoms with Crippen molar-refractivity contribution in [2.45, 2.75) is 45.4 Å². The number of carboxylic acids is 1. The van der Waals surface area contributed by atoms with Gasteiger partial charge in [-0.3, -0.25) is 0 Å². The summed E-state index contributed by atoms with van der Waals surface area (Å²) in [6, 6.07) is 7.21. The number of unbranched alkanes of at least 4 members (excludes halogenated alkanes) is 4. The zero-order valence-corrected chi connectivity index (χ0v) is 11.1. The fraction of sp³-hybridized carbons (Fsp3) is 0.500. The average Bonchev–Trinajstić information content (AvgIpc) is 2.29. The first-order valence-electron chi connectivity index (χ1n) is 6.06. The summed E-state index contributed by atoms with van der Waals surface area (Å²) in [6.45, 7) is 2.21. The van der Waals surface area contributed by atoms with Crippen LogP contribution in [-0.4, -0.2) is 11.1 Å². The van der Waals surface area contributed by atoms with Gasteiger partial charge in [-0.2, -0.15) is 0 Å². The van der Waals surface area contributed by atoms with E-state index in [1.807, 2.05) is 12.1 Å². The van der Waals surface area contributed by atoms with Gasteiger partial charge in [0.25, 0.3) is 0 Å². The predicted molar refractivity (Wildman–Crippen MR) is 73.1 cm³/mol. The zero-order valence-electron chi connectivity index (χ0n) is 10.3. The standard InChI is InChI=1S/C14H20O2.ClH/c1-2-3-4-5-6-7-12-8-10-13(11-9-12)14(15)16;/h8-11H,2-7H2,1H3,(H,15,16);1H. The molecule has 0 unspecified atom stereocenters. The predicted octanol–water partition coefficient (Wildman–Crippen LogP) is 4.32. The molecule has 17 heavy (non-hydrogen) atoms. The van der Waals surface area contributed by atoms with Gasteiger partial charge in [0.05, 0.1) is 5.56 Å². The molecule has 0 atom stereocenters. The van der Waals surface area contributed by atoms with Crippen LogP contribution in [0.15, 0.2) is 24.3 Å². The van der Waals surface area contributed by atoms with Crippen molar-refractivity contribution in [1.29, 1.82) is 0 Å². The maximum atomic E-state index is 10.6. The van der Waals surface area contributed by atoms with E-state index in [1.165, 1.54) is 37.7 Å². The molecule has 1 aromatic carbocycles. The molecule has 0 amide bonds. The molecule has 1 rings (SSSR count). The summed E-state index contributed by atoms with van der Waals surface area (Å²) in [5, 5.41) is 8.75. The lowest BCUT2D eigenvalue weighted by Crippen LogP contribution is -1.96. The van der Waals surface area contributed by atoms with E-state index >= 15 is 0 Å². The van der Waals surface area contributed by atoms with E-state index in [0.29, 0.717) is 5.56 Å². The third-order valence-corrected chi connectivity index (χ3v) is 2.77. The van der Waals surface area contributed by atoms with Gasteiger partial charge in [-0.25, -0.2) is 4.79 Å². The molecule has 0 radical (unpaired) electrons. The van der Waals surface area contributed by atoms with Gasteiger partial charge in [-0.05, 0) is 30.5 Å².